The van der Waals surface area contributed by atoms with Crippen LogP contribution in [0.5, 0.6) is 11.5 Å². The van der Waals surface area contributed by atoms with E-state index >= 15 is 0 Å². The third-order valence-corrected chi connectivity index (χ3v) is 6.40. The summed E-state index contributed by atoms with van der Waals surface area (Å²) in [5.74, 6) is 2.40. The summed E-state index contributed by atoms with van der Waals surface area (Å²) in [5.41, 5.74) is 2.20. The van der Waals surface area contributed by atoms with Crippen molar-refractivity contribution in [1.29, 1.82) is 0 Å². The fourth-order valence-corrected chi connectivity index (χ4v) is 4.71. The van der Waals surface area contributed by atoms with Crippen LogP contribution in [0.15, 0.2) is 30.3 Å². The third-order valence-electron chi connectivity index (χ3n) is 6.40. The number of nitrogens with zero attached hydrogens (tertiary/aromatic N) is 3. The first-order valence-corrected chi connectivity index (χ1v) is 11.4. The Morgan fingerprint density at radius 2 is 1.93 bits per heavy atom. The van der Waals surface area contributed by atoms with E-state index < -0.39 is 0 Å². The number of benzene rings is 1. The van der Waals surface area contributed by atoms with Crippen LogP contribution >= 0.6 is 0 Å². The van der Waals surface area contributed by atoms with Gasteiger partial charge in [-0.3, -0.25) is 9.58 Å². The van der Waals surface area contributed by atoms with Crippen LogP contribution in [0, 0.1) is 5.92 Å². The zero-order chi connectivity index (χ0) is 20.8. The molecule has 1 saturated carbocycles. The average Bonchev–Trinajstić information content (AvgIpc) is 3.15. The summed E-state index contributed by atoms with van der Waals surface area (Å²) in [6.07, 6.45) is 7.86. The molecule has 30 heavy (non-hydrogen) atoms. The number of aryl methyl sites for hydroxylation is 1. The van der Waals surface area contributed by atoms with Crippen molar-refractivity contribution in [3.63, 3.8) is 0 Å². The zero-order valence-corrected chi connectivity index (χ0v) is 18.4. The van der Waals surface area contributed by atoms with E-state index in [0.717, 1.165) is 54.9 Å². The molecule has 0 spiro atoms. The number of aromatic nitrogens is 2. The molecule has 0 radical (unpaired) electrons. The lowest BCUT2D eigenvalue weighted by atomic mass is 9.89. The van der Waals surface area contributed by atoms with Crippen molar-refractivity contribution in [3.05, 3.63) is 41.7 Å². The number of methoxy groups -OCH3 is 1. The van der Waals surface area contributed by atoms with Gasteiger partial charge in [0.25, 0.3) is 0 Å². The second-order valence-electron chi connectivity index (χ2n) is 8.56. The number of hydrogen-bond acceptors (Lipinski definition) is 5. The first-order valence-electron chi connectivity index (χ1n) is 11.4. The van der Waals surface area contributed by atoms with Crippen molar-refractivity contribution in [2.75, 3.05) is 40.0 Å². The molecule has 1 aromatic heterocycles. The summed E-state index contributed by atoms with van der Waals surface area (Å²) in [4.78, 5) is 2.59. The lowest BCUT2D eigenvalue weighted by Gasteiger charge is -2.35. The maximum absolute atomic E-state index is 6.09. The van der Waals surface area contributed by atoms with Crippen molar-refractivity contribution in [2.45, 2.75) is 44.6 Å². The molecule has 0 N–H and O–H groups in total. The van der Waals surface area contributed by atoms with Gasteiger partial charge in [-0.1, -0.05) is 31.4 Å². The van der Waals surface area contributed by atoms with E-state index in [1.807, 2.05) is 36.0 Å². The van der Waals surface area contributed by atoms with Gasteiger partial charge in [-0.15, -0.1) is 0 Å². The lowest BCUT2D eigenvalue weighted by Crippen LogP contribution is -2.41. The minimum atomic E-state index is 0.0671. The second kappa shape index (κ2) is 10.3. The van der Waals surface area contributed by atoms with E-state index in [4.69, 9.17) is 19.3 Å². The molecule has 1 atom stereocenters. The van der Waals surface area contributed by atoms with Crippen molar-refractivity contribution in [1.82, 2.24) is 14.7 Å². The summed E-state index contributed by atoms with van der Waals surface area (Å²) in [5, 5.41) is 4.76. The standard InChI is InChI=1S/C24H35N3O3/c1-26-20(12-14-29-23-11-7-6-10-22(23)28-2)16-21(25-26)24-18-27(13-15-30-24)17-19-8-4-3-5-9-19/h6-7,10-11,16,19,24H,3-5,8-9,12-15,17-18H2,1-2H3. The molecule has 164 valence electrons. The first-order chi connectivity index (χ1) is 14.7. The van der Waals surface area contributed by atoms with E-state index in [2.05, 4.69) is 11.0 Å². The Kier molecular flexibility index (Phi) is 7.28. The Labute approximate surface area is 180 Å². The minimum absolute atomic E-state index is 0.0671. The van der Waals surface area contributed by atoms with Crippen LogP contribution in [0.1, 0.15) is 49.6 Å². The minimum Gasteiger partial charge on any atom is -0.493 e. The number of rotatable bonds is 8. The Hall–Kier alpha value is -2.05. The van der Waals surface area contributed by atoms with E-state index in [-0.39, 0.29) is 6.10 Å². The van der Waals surface area contributed by atoms with Gasteiger partial charge in [0.05, 0.1) is 26.0 Å². The molecule has 1 unspecified atom stereocenters. The Bertz CT molecular complexity index is 801. The van der Waals surface area contributed by atoms with Gasteiger partial charge in [0.15, 0.2) is 11.5 Å². The van der Waals surface area contributed by atoms with Crippen LogP contribution in [0.2, 0.25) is 0 Å². The Morgan fingerprint density at radius 1 is 1.13 bits per heavy atom. The molecule has 1 saturated heterocycles. The average molecular weight is 414 g/mol. The van der Waals surface area contributed by atoms with Gasteiger partial charge in [-0.2, -0.15) is 5.10 Å². The molecular weight excluding hydrogens is 378 g/mol. The maximum atomic E-state index is 6.09. The van der Waals surface area contributed by atoms with Crippen LogP contribution in [0.25, 0.3) is 0 Å². The molecule has 2 fully saturated rings. The van der Waals surface area contributed by atoms with Gasteiger partial charge in [-0.25, -0.2) is 0 Å². The van der Waals surface area contributed by atoms with Crippen LogP contribution in [-0.2, 0) is 18.2 Å². The van der Waals surface area contributed by atoms with E-state index in [1.54, 1.807) is 7.11 Å². The third kappa shape index (κ3) is 5.35. The van der Waals surface area contributed by atoms with Gasteiger partial charge in [0.2, 0.25) is 0 Å². The summed E-state index contributed by atoms with van der Waals surface area (Å²) in [6.45, 7) is 4.58. The number of para-hydroxylation sites is 2. The smallest absolute Gasteiger partial charge is 0.161 e. The van der Waals surface area contributed by atoms with E-state index in [1.165, 1.54) is 38.6 Å². The molecular formula is C24H35N3O3. The first kappa shape index (κ1) is 21.2. The van der Waals surface area contributed by atoms with Crippen molar-refractivity contribution >= 4 is 0 Å². The molecule has 2 heterocycles. The number of ether oxygens (including phenoxy) is 3. The van der Waals surface area contributed by atoms with Crippen LogP contribution in [0.3, 0.4) is 0 Å². The predicted molar refractivity (Wildman–Crippen MR) is 117 cm³/mol. The quantitative estimate of drug-likeness (QED) is 0.655. The summed E-state index contributed by atoms with van der Waals surface area (Å²) in [6, 6.07) is 9.93. The fraction of sp³-hybridized carbons (Fsp3) is 0.625. The summed E-state index contributed by atoms with van der Waals surface area (Å²) < 4.78 is 19.3. The van der Waals surface area contributed by atoms with Crippen LogP contribution < -0.4 is 9.47 Å². The largest absolute Gasteiger partial charge is 0.493 e. The Balaban J connectivity index is 1.31. The van der Waals surface area contributed by atoms with Crippen molar-refractivity contribution in [3.8, 4) is 11.5 Å². The highest BCUT2D eigenvalue weighted by Crippen LogP contribution is 2.28. The molecule has 1 aliphatic carbocycles. The highest BCUT2D eigenvalue weighted by atomic mass is 16.5. The molecule has 6 nitrogen and oxygen atoms in total. The van der Waals surface area contributed by atoms with Gasteiger partial charge in [0.1, 0.15) is 6.10 Å². The van der Waals surface area contributed by atoms with Crippen LogP contribution in [0.4, 0.5) is 0 Å². The van der Waals surface area contributed by atoms with Gasteiger partial charge < -0.3 is 14.2 Å². The monoisotopic (exact) mass is 413 g/mol. The lowest BCUT2D eigenvalue weighted by molar-refractivity contribution is -0.0381. The SMILES string of the molecule is COc1ccccc1OCCc1cc(C2CN(CC3CCCCC3)CCO2)nn1C. The van der Waals surface area contributed by atoms with Gasteiger partial charge in [0, 0.05) is 38.8 Å². The number of hydrogen-bond donors (Lipinski definition) is 0. The van der Waals surface area contributed by atoms with Gasteiger partial charge >= 0.3 is 0 Å². The van der Waals surface area contributed by atoms with Crippen molar-refractivity contribution in [2.24, 2.45) is 13.0 Å². The molecule has 4 rings (SSSR count). The maximum Gasteiger partial charge on any atom is 0.161 e. The molecule has 0 bridgehead atoms. The molecule has 0 amide bonds. The molecule has 2 aliphatic rings. The molecule has 1 aromatic carbocycles. The van der Waals surface area contributed by atoms with Gasteiger partial charge in [-0.05, 0) is 37.0 Å². The molecule has 2 aromatic rings. The zero-order valence-electron chi connectivity index (χ0n) is 18.4. The topological polar surface area (TPSA) is 48.8 Å². The summed E-state index contributed by atoms with van der Waals surface area (Å²) >= 11 is 0. The van der Waals surface area contributed by atoms with E-state index in [9.17, 15) is 0 Å². The normalized spacial score (nSPS) is 20.9. The second-order valence-corrected chi connectivity index (χ2v) is 8.56. The Morgan fingerprint density at radius 3 is 2.73 bits per heavy atom. The molecule has 6 heteroatoms. The van der Waals surface area contributed by atoms with E-state index in [0.29, 0.717) is 6.61 Å². The van der Waals surface area contributed by atoms with Crippen molar-refractivity contribution < 1.29 is 14.2 Å². The number of morpholine rings is 1. The van der Waals surface area contributed by atoms with Crippen LogP contribution in [-0.4, -0.2) is 54.6 Å². The fourth-order valence-electron chi connectivity index (χ4n) is 4.71. The highest BCUT2D eigenvalue weighted by molar-refractivity contribution is 5.39. The molecule has 1 aliphatic heterocycles. The summed E-state index contributed by atoms with van der Waals surface area (Å²) in [7, 11) is 3.67. The predicted octanol–water partition coefficient (Wildman–Crippen LogP) is 4.00. The highest BCUT2D eigenvalue weighted by Gasteiger charge is 2.27.